The summed E-state index contributed by atoms with van der Waals surface area (Å²) < 4.78 is 9.52. The van der Waals surface area contributed by atoms with Crippen LogP contribution in [-0.2, 0) is 25.4 Å². The summed E-state index contributed by atoms with van der Waals surface area (Å²) in [4.78, 5) is 45.6. The van der Waals surface area contributed by atoms with Crippen molar-refractivity contribution in [2.24, 2.45) is 14.1 Å². The Hall–Kier alpha value is -4.47. The van der Waals surface area contributed by atoms with E-state index in [1.165, 1.54) is 29.6 Å². The van der Waals surface area contributed by atoms with Gasteiger partial charge in [0.15, 0.2) is 11.1 Å². The number of oxazole rings is 1. The zero-order chi connectivity index (χ0) is 22.4. The fraction of sp³-hybridized carbons (Fsp3) is 0.136. The molecular weight excluding hydrogens is 412 g/mol. The average molecular weight is 430 g/mol. The van der Waals surface area contributed by atoms with E-state index in [0.29, 0.717) is 22.8 Å². The summed E-state index contributed by atoms with van der Waals surface area (Å²) in [6.07, 6.45) is 1.38. The first-order valence-corrected chi connectivity index (χ1v) is 9.79. The highest BCUT2D eigenvalue weighted by molar-refractivity contribution is 5.91. The van der Waals surface area contributed by atoms with E-state index in [9.17, 15) is 14.4 Å². The van der Waals surface area contributed by atoms with E-state index < -0.39 is 11.2 Å². The molecule has 0 fully saturated rings. The molecule has 32 heavy (non-hydrogen) atoms. The van der Waals surface area contributed by atoms with E-state index in [1.54, 1.807) is 24.3 Å². The van der Waals surface area contributed by atoms with E-state index in [4.69, 9.17) is 4.42 Å². The molecule has 5 rings (SSSR count). The number of anilines is 1. The molecule has 3 aromatic heterocycles. The Morgan fingerprint density at radius 3 is 2.53 bits per heavy atom. The number of nitrogens with one attached hydrogen (secondary N) is 1. The van der Waals surface area contributed by atoms with Crippen LogP contribution in [-0.4, -0.2) is 29.6 Å². The van der Waals surface area contributed by atoms with Crippen LogP contribution in [0.5, 0.6) is 0 Å². The fourth-order valence-corrected chi connectivity index (χ4v) is 3.60. The molecule has 0 saturated heterocycles. The number of aromatic nitrogens is 5. The average Bonchev–Trinajstić information content (AvgIpc) is 3.41. The van der Waals surface area contributed by atoms with Crippen LogP contribution in [0, 0.1) is 0 Å². The van der Waals surface area contributed by atoms with E-state index in [-0.39, 0.29) is 18.0 Å². The van der Waals surface area contributed by atoms with Gasteiger partial charge in [0.25, 0.3) is 5.56 Å². The molecule has 0 bridgehead atoms. The molecule has 5 aromatic rings. The van der Waals surface area contributed by atoms with Crippen molar-refractivity contribution in [3.63, 3.8) is 0 Å². The van der Waals surface area contributed by atoms with Crippen molar-refractivity contribution >= 4 is 33.9 Å². The van der Waals surface area contributed by atoms with Gasteiger partial charge in [0, 0.05) is 25.3 Å². The number of imidazole rings is 1. The standard InChI is InChI=1S/C22H18N6O4/c1-26-20-18(21(30)27(2)22(26)31)23-12-28(20)11-17(29)24-14-9-7-13(8-10-14)19-25-15-5-3-4-6-16(15)32-19/h3-10,12H,11H2,1-2H3,(H,24,29). The van der Waals surface area contributed by atoms with Gasteiger partial charge < -0.3 is 14.3 Å². The number of hydrogen-bond donors (Lipinski definition) is 1. The Morgan fingerprint density at radius 2 is 1.78 bits per heavy atom. The number of carbonyl (C=O) groups is 1. The lowest BCUT2D eigenvalue weighted by molar-refractivity contribution is -0.116. The van der Waals surface area contributed by atoms with Crippen LogP contribution in [0.2, 0.25) is 0 Å². The number of hydrogen-bond acceptors (Lipinski definition) is 6. The van der Waals surface area contributed by atoms with E-state index >= 15 is 0 Å². The van der Waals surface area contributed by atoms with Gasteiger partial charge in [-0.15, -0.1) is 0 Å². The van der Waals surface area contributed by atoms with Gasteiger partial charge in [-0.1, -0.05) is 12.1 Å². The minimum absolute atomic E-state index is 0.107. The van der Waals surface area contributed by atoms with Gasteiger partial charge in [-0.25, -0.2) is 14.8 Å². The maximum Gasteiger partial charge on any atom is 0.332 e. The van der Waals surface area contributed by atoms with Gasteiger partial charge in [0.05, 0.1) is 6.33 Å². The normalized spacial score (nSPS) is 11.3. The predicted molar refractivity (Wildman–Crippen MR) is 118 cm³/mol. The van der Waals surface area contributed by atoms with E-state index in [1.807, 2.05) is 24.3 Å². The minimum Gasteiger partial charge on any atom is -0.436 e. The van der Waals surface area contributed by atoms with Gasteiger partial charge in [-0.05, 0) is 36.4 Å². The first-order valence-electron chi connectivity index (χ1n) is 9.79. The van der Waals surface area contributed by atoms with E-state index in [2.05, 4.69) is 15.3 Å². The summed E-state index contributed by atoms with van der Waals surface area (Å²) in [5, 5.41) is 2.80. The zero-order valence-corrected chi connectivity index (χ0v) is 17.3. The number of benzene rings is 2. The quantitative estimate of drug-likeness (QED) is 0.465. The number of carbonyl (C=O) groups excluding carboxylic acids is 1. The first kappa shape index (κ1) is 19.5. The van der Waals surface area contributed by atoms with Gasteiger partial charge in [0.1, 0.15) is 17.7 Å². The lowest BCUT2D eigenvalue weighted by Crippen LogP contribution is -2.37. The highest BCUT2D eigenvalue weighted by atomic mass is 16.3. The molecule has 0 spiro atoms. The molecule has 3 heterocycles. The van der Waals surface area contributed by atoms with Gasteiger partial charge in [0.2, 0.25) is 11.8 Å². The molecule has 10 heteroatoms. The smallest absolute Gasteiger partial charge is 0.332 e. The van der Waals surface area contributed by atoms with Gasteiger partial charge in [-0.2, -0.15) is 0 Å². The number of para-hydroxylation sites is 2. The van der Waals surface area contributed by atoms with Gasteiger partial charge >= 0.3 is 5.69 Å². The maximum absolute atomic E-state index is 12.6. The SMILES string of the molecule is Cn1c(=O)c2ncn(CC(=O)Nc3ccc(-c4nc5ccccc5o4)cc3)c2n(C)c1=O. The third kappa shape index (κ3) is 3.18. The van der Waals surface area contributed by atoms with Crippen LogP contribution in [0.25, 0.3) is 33.7 Å². The van der Waals surface area contributed by atoms with Gasteiger partial charge in [-0.3, -0.25) is 18.7 Å². The van der Waals surface area contributed by atoms with Crippen LogP contribution < -0.4 is 16.6 Å². The number of nitrogens with zero attached hydrogens (tertiary/aromatic N) is 5. The highest BCUT2D eigenvalue weighted by Gasteiger charge is 2.16. The lowest BCUT2D eigenvalue weighted by Gasteiger charge is -2.09. The third-order valence-electron chi connectivity index (χ3n) is 5.23. The molecule has 0 saturated carbocycles. The first-order chi connectivity index (χ1) is 15.4. The molecule has 160 valence electrons. The zero-order valence-electron chi connectivity index (χ0n) is 17.3. The second kappa shape index (κ2) is 7.34. The predicted octanol–water partition coefficient (Wildman–Crippen LogP) is 1.88. The fourth-order valence-electron chi connectivity index (χ4n) is 3.60. The Balaban J connectivity index is 1.36. The van der Waals surface area contributed by atoms with Crippen LogP contribution in [0.4, 0.5) is 5.69 Å². The molecule has 10 nitrogen and oxygen atoms in total. The molecule has 1 N–H and O–H groups in total. The van der Waals surface area contributed by atoms with Crippen molar-refractivity contribution in [2.45, 2.75) is 6.54 Å². The second-order valence-electron chi connectivity index (χ2n) is 7.36. The second-order valence-corrected chi connectivity index (χ2v) is 7.36. The number of rotatable bonds is 4. The van der Waals surface area contributed by atoms with E-state index in [0.717, 1.165) is 15.6 Å². The third-order valence-corrected chi connectivity index (χ3v) is 5.23. The van der Waals surface area contributed by atoms with Crippen LogP contribution in [0.3, 0.4) is 0 Å². The summed E-state index contributed by atoms with van der Waals surface area (Å²) in [6, 6.07) is 14.6. The molecule has 2 aromatic carbocycles. The van der Waals surface area contributed by atoms with Crippen molar-refractivity contribution in [1.82, 2.24) is 23.7 Å². The largest absolute Gasteiger partial charge is 0.436 e. The summed E-state index contributed by atoms with van der Waals surface area (Å²) in [6.45, 7) is -0.107. The number of fused-ring (bicyclic) bond motifs is 2. The summed E-state index contributed by atoms with van der Waals surface area (Å²) in [5.41, 5.74) is 2.28. The molecule has 0 radical (unpaired) electrons. The number of amides is 1. The van der Waals surface area contributed by atoms with Crippen LogP contribution >= 0.6 is 0 Å². The molecule has 0 aliphatic rings. The van der Waals surface area contributed by atoms with Crippen molar-refractivity contribution < 1.29 is 9.21 Å². The van der Waals surface area contributed by atoms with Crippen molar-refractivity contribution in [1.29, 1.82) is 0 Å². The Labute approximate surface area is 180 Å². The number of aryl methyl sites for hydroxylation is 1. The van der Waals surface area contributed by atoms with Crippen molar-refractivity contribution in [3.05, 3.63) is 75.7 Å². The summed E-state index contributed by atoms with van der Waals surface area (Å²) in [5.74, 6) is 0.170. The Bertz CT molecular complexity index is 1570. The molecule has 1 amide bonds. The molecule has 0 aliphatic heterocycles. The van der Waals surface area contributed by atoms with Crippen molar-refractivity contribution in [2.75, 3.05) is 5.32 Å². The lowest BCUT2D eigenvalue weighted by atomic mass is 10.2. The Morgan fingerprint density at radius 1 is 1.03 bits per heavy atom. The molecule has 0 atom stereocenters. The van der Waals surface area contributed by atoms with Crippen LogP contribution in [0.15, 0.2) is 68.9 Å². The molecule has 0 aliphatic carbocycles. The molecular formula is C22H18N6O4. The highest BCUT2D eigenvalue weighted by Crippen LogP contribution is 2.25. The van der Waals surface area contributed by atoms with Crippen LogP contribution in [0.1, 0.15) is 0 Å². The minimum atomic E-state index is -0.503. The summed E-state index contributed by atoms with van der Waals surface area (Å²) >= 11 is 0. The molecule has 0 unspecified atom stereocenters. The Kier molecular flexibility index (Phi) is 4.47. The monoisotopic (exact) mass is 430 g/mol. The maximum atomic E-state index is 12.6. The summed E-state index contributed by atoms with van der Waals surface area (Å²) in [7, 11) is 2.92. The van der Waals surface area contributed by atoms with Crippen molar-refractivity contribution in [3.8, 4) is 11.5 Å². The topological polar surface area (TPSA) is 117 Å².